The Morgan fingerprint density at radius 2 is 2.05 bits per heavy atom. The summed E-state index contributed by atoms with van der Waals surface area (Å²) in [6.07, 6.45) is -0.332. The maximum absolute atomic E-state index is 12.9. The van der Waals surface area contributed by atoms with E-state index in [-0.39, 0.29) is 30.0 Å². The third-order valence-corrected chi connectivity index (χ3v) is 3.06. The molecule has 19 heavy (non-hydrogen) atoms. The average Bonchev–Trinajstić information content (AvgIpc) is 2.39. The van der Waals surface area contributed by atoms with Gasteiger partial charge in [0.05, 0.1) is 19.6 Å². The van der Waals surface area contributed by atoms with Crippen molar-refractivity contribution in [3.63, 3.8) is 0 Å². The lowest BCUT2D eigenvalue weighted by Crippen LogP contribution is -2.42. The van der Waals surface area contributed by atoms with Crippen molar-refractivity contribution in [1.29, 1.82) is 0 Å². The molecule has 1 aliphatic rings. The number of hydrogen-bond acceptors (Lipinski definition) is 3. The zero-order chi connectivity index (χ0) is 13.8. The first-order valence-electron chi connectivity index (χ1n) is 6.20. The van der Waals surface area contributed by atoms with Crippen LogP contribution in [0.4, 0.5) is 4.39 Å². The number of ketones is 1. The van der Waals surface area contributed by atoms with E-state index in [0.29, 0.717) is 19.7 Å². The maximum atomic E-state index is 12.9. The van der Waals surface area contributed by atoms with Gasteiger partial charge in [-0.2, -0.15) is 0 Å². The fraction of sp³-hybridized carbons (Fsp3) is 0.429. The van der Waals surface area contributed by atoms with E-state index in [1.54, 1.807) is 17.0 Å². The molecule has 1 heterocycles. The summed E-state index contributed by atoms with van der Waals surface area (Å²) >= 11 is 0. The molecule has 1 aromatic rings. The van der Waals surface area contributed by atoms with Crippen molar-refractivity contribution in [2.75, 3.05) is 19.7 Å². The summed E-state index contributed by atoms with van der Waals surface area (Å²) in [4.78, 5) is 24.4. The van der Waals surface area contributed by atoms with Crippen molar-refractivity contribution in [3.05, 3.63) is 35.6 Å². The lowest BCUT2D eigenvalue weighted by atomic mass is 10.1. The van der Waals surface area contributed by atoms with E-state index in [1.165, 1.54) is 19.1 Å². The third kappa shape index (κ3) is 3.61. The molecule has 0 spiro atoms. The fourth-order valence-corrected chi connectivity index (χ4v) is 2.08. The molecule has 102 valence electrons. The minimum Gasteiger partial charge on any atom is -0.370 e. The summed E-state index contributed by atoms with van der Waals surface area (Å²) < 4.78 is 18.4. The van der Waals surface area contributed by atoms with E-state index >= 15 is 0 Å². The summed E-state index contributed by atoms with van der Waals surface area (Å²) in [7, 11) is 0. The maximum Gasteiger partial charge on any atom is 0.230 e. The molecule has 4 nitrogen and oxygen atoms in total. The van der Waals surface area contributed by atoms with Gasteiger partial charge in [-0.05, 0) is 24.6 Å². The topological polar surface area (TPSA) is 46.6 Å². The molecule has 1 atom stereocenters. The van der Waals surface area contributed by atoms with Gasteiger partial charge in [-0.1, -0.05) is 12.1 Å². The number of carbonyl (C=O) groups excluding carboxylic acids is 2. The van der Waals surface area contributed by atoms with Crippen LogP contribution in [0.15, 0.2) is 24.3 Å². The minimum atomic E-state index is -0.302. The summed E-state index contributed by atoms with van der Waals surface area (Å²) in [5.41, 5.74) is 0.835. The highest BCUT2D eigenvalue weighted by molar-refractivity contribution is 5.96. The fourth-order valence-electron chi connectivity index (χ4n) is 2.08. The predicted molar refractivity (Wildman–Crippen MR) is 67.0 cm³/mol. The molecule has 0 radical (unpaired) electrons. The Morgan fingerprint density at radius 1 is 1.37 bits per heavy atom. The van der Waals surface area contributed by atoms with Crippen LogP contribution in [-0.4, -0.2) is 36.3 Å². The van der Waals surface area contributed by atoms with Crippen LogP contribution < -0.4 is 0 Å². The second-order valence-corrected chi connectivity index (χ2v) is 4.63. The standard InChI is InChI=1S/C14H16FNO3/c1-10(17)8-14(18)16-6-7-19-13(9-16)11-2-4-12(15)5-3-11/h2-5,13H,6-9H2,1H3. The van der Waals surface area contributed by atoms with Crippen LogP contribution in [0, 0.1) is 5.82 Å². The van der Waals surface area contributed by atoms with Crippen LogP contribution >= 0.6 is 0 Å². The van der Waals surface area contributed by atoms with Crippen LogP contribution in [0.1, 0.15) is 25.0 Å². The number of rotatable bonds is 3. The van der Waals surface area contributed by atoms with Crippen LogP contribution in [0.25, 0.3) is 0 Å². The third-order valence-electron chi connectivity index (χ3n) is 3.06. The highest BCUT2D eigenvalue weighted by atomic mass is 19.1. The van der Waals surface area contributed by atoms with Gasteiger partial charge in [0.15, 0.2) is 0 Å². The molecule has 1 saturated heterocycles. The molecular formula is C14H16FNO3. The molecule has 0 aliphatic carbocycles. The van der Waals surface area contributed by atoms with Crippen LogP contribution in [0.2, 0.25) is 0 Å². The van der Waals surface area contributed by atoms with Crippen molar-refractivity contribution in [2.24, 2.45) is 0 Å². The lowest BCUT2D eigenvalue weighted by molar-refractivity contribution is -0.141. The van der Waals surface area contributed by atoms with Crippen molar-refractivity contribution in [2.45, 2.75) is 19.4 Å². The monoisotopic (exact) mass is 265 g/mol. The normalized spacial score (nSPS) is 19.3. The molecule has 0 saturated carbocycles. The van der Waals surface area contributed by atoms with E-state index < -0.39 is 0 Å². The van der Waals surface area contributed by atoms with Crippen molar-refractivity contribution in [1.82, 2.24) is 4.90 Å². The number of carbonyl (C=O) groups is 2. The number of ether oxygens (including phenoxy) is 1. The Morgan fingerprint density at radius 3 is 2.68 bits per heavy atom. The zero-order valence-electron chi connectivity index (χ0n) is 10.8. The second-order valence-electron chi connectivity index (χ2n) is 4.63. The molecule has 0 N–H and O–H groups in total. The highest BCUT2D eigenvalue weighted by Crippen LogP contribution is 2.22. The number of amides is 1. The van der Waals surface area contributed by atoms with E-state index in [1.807, 2.05) is 0 Å². The molecular weight excluding hydrogens is 249 g/mol. The Hall–Kier alpha value is -1.75. The Kier molecular flexibility index (Phi) is 4.27. The smallest absolute Gasteiger partial charge is 0.230 e. The number of halogens is 1. The van der Waals surface area contributed by atoms with Crippen molar-refractivity contribution in [3.8, 4) is 0 Å². The van der Waals surface area contributed by atoms with Gasteiger partial charge < -0.3 is 9.64 Å². The van der Waals surface area contributed by atoms with Gasteiger partial charge in [-0.3, -0.25) is 9.59 Å². The quantitative estimate of drug-likeness (QED) is 0.782. The van der Waals surface area contributed by atoms with Crippen molar-refractivity contribution < 1.29 is 18.7 Å². The molecule has 1 aliphatic heterocycles. The first kappa shape index (κ1) is 13.7. The van der Waals surface area contributed by atoms with E-state index in [2.05, 4.69) is 0 Å². The number of morpholine rings is 1. The lowest BCUT2D eigenvalue weighted by Gasteiger charge is -2.33. The Labute approximate surface area is 111 Å². The number of Topliss-reactive ketones (excluding diaryl/α,β-unsaturated/α-hetero) is 1. The van der Waals surface area contributed by atoms with Gasteiger partial charge in [-0.25, -0.2) is 4.39 Å². The molecule has 1 aromatic carbocycles. The summed E-state index contributed by atoms with van der Waals surface area (Å²) in [5, 5.41) is 0. The van der Waals surface area contributed by atoms with Crippen molar-refractivity contribution >= 4 is 11.7 Å². The molecule has 5 heteroatoms. The van der Waals surface area contributed by atoms with Gasteiger partial charge in [0, 0.05) is 6.54 Å². The summed E-state index contributed by atoms with van der Waals surface area (Å²) in [6, 6.07) is 6.04. The SMILES string of the molecule is CC(=O)CC(=O)N1CCOC(c2ccc(F)cc2)C1. The number of nitrogens with zero attached hydrogens (tertiary/aromatic N) is 1. The van der Waals surface area contributed by atoms with Gasteiger partial charge in [0.1, 0.15) is 17.7 Å². The zero-order valence-corrected chi connectivity index (χ0v) is 10.8. The average molecular weight is 265 g/mol. The van der Waals surface area contributed by atoms with Gasteiger partial charge in [0.25, 0.3) is 0 Å². The minimum absolute atomic E-state index is 0.0733. The number of hydrogen-bond donors (Lipinski definition) is 0. The van der Waals surface area contributed by atoms with Crippen LogP contribution in [-0.2, 0) is 14.3 Å². The van der Waals surface area contributed by atoms with Crippen LogP contribution in [0.3, 0.4) is 0 Å². The summed E-state index contributed by atoms with van der Waals surface area (Å²) in [5.74, 6) is -0.623. The molecule has 1 amide bonds. The van der Waals surface area contributed by atoms with Gasteiger partial charge in [-0.15, -0.1) is 0 Å². The Bertz CT molecular complexity index is 472. The van der Waals surface area contributed by atoms with E-state index in [4.69, 9.17) is 4.74 Å². The molecule has 0 bridgehead atoms. The first-order valence-corrected chi connectivity index (χ1v) is 6.20. The predicted octanol–water partition coefficient (Wildman–Crippen LogP) is 1.70. The molecule has 1 fully saturated rings. The molecule has 1 unspecified atom stereocenters. The van der Waals surface area contributed by atoms with Gasteiger partial charge >= 0.3 is 0 Å². The molecule has 2 rings (SSSR count). The summed E-state index contributed by atoms with van der Waals surface area (Å²) in [6.45, 7) is 2.71. The van der Waals surface area contributed by atoms with Gasteiger partial charge in [0.2, 0.25) is 5.91 Å². The number of benzene rings is 1. The first-order chi connectivity index (χ1) is 9.06. The Balaban J connectivity index is 2.02. The highest BCUT2D eigenvalue weighted by Gasteiger charge is 2.25. The molecule has 0 aromatic heterocycles. The van der Waals surface area contributed by atoms with E-state index in [9.17, 15) is 14.0 Å². The second kappa shape index (κ2) is 5.93. The van der Waals surface area contributed by atoms with Crippen LogP contribution in [0.5, 0.6) is 0 Å². The largest absolute Gasteiger partial charge is 0.370 e. The van der Waals surface area contributed by atoms with E-state index in [0.717, 1.165) is 5.56 Å².